The van der Waals surface area contributed by atoms with Gasteiger partial charge in [-0.1, -0.05) is 41.5 Å². The Labute approximate surface area is 177 Å². The lowest BCUT2D eigenvalue weighted by Crippen LogP contribution is -2.49. The molecule has 2 aromatic rings. The third-order valence-electron chi connectivity index (χ3n) is 5.89. The van der Waals surface area contributed by atoms with Crippen molar-refractivity contribution in [3.8, 4) is 0 Å². The van der Waals surface area contributed by atoms with Crippen LogP contribution in [0.15, 0.2) is 42.5 Å². The van der Waals surface area contributed by atoms with Gasteiger partial charge >= 0.3 is 0 Å². The average Bonchev–Trinajstić information content (AvgIpc) is 2.96. The van der Waals surface area contributed by atoms with Crippen molar-refractivity contribution in [1.82, 2.24) is 14.7 Å². The number of imide groups is 1. The van der Waals surface area contributed by atoms with Crippen LogP contribution in [-0.2, 0) is 11.3 Å². The molecule has 2 aliphatic rings. The standard InChI is InChI=1S/C24H27N3O3/c1-17-4-3-5-19(14-17)16-25-10-12-26(13-11-25)22(28)8-9-27-23(29)20-7-6-18(2)15-21(20)24(27)30/h3-7,14-15H,8-13,16H2,1-2H3. The van der Waals surface area contributed by atoms with Crippen LogP contribution in [0.4, 0.5) is 0 Å². The van der Waals surface area contributed by atoms with Crippen LogP contribution in [-0.4, -0.2) is 65.1 Å². The largest absolute Gasteiger partial charge is 0.340 e. The first-order chi connectivity index (χ1) is 14.4. The number of piperazine rings is 1. The van der Waals surface area contributed by atoms with Gasteiger partial charge in [0.1, 0.15) is 0 Å². The van der Waals surface area contributed by atoms with Crippen molar-refractivity contribution in [3.63, 3.8) is 0 Å². The summed E-state index contributed by atoms with van der Waals surface area (Å²) in [6, 6.07) is 13.8. The van der Waals surface area contributed by atoms with Crippen LogP contribution in [0.25, 0.3) is 0 Å². The van der Waals surface area contributed by atoms with Gasteiger partial charge in [-0.2, -0.15) is 0 Å². The molecular formula is C24H27N3O3. The van der Waals surface area contributed by atoms with Gasteiger partial charge < -0.3 is 4.90 Å². The van der Waals surface area contributed by atoms with E-state index in [1.807, 2.05) is 17.9 Å². The van der Waals surface area contributed by atoms with E-state index in [1.165, 1.54) is 16.0 Å². The Bertz CT molecular complexity index is 993. The maximum absolute atomic E-state index is 12.7. The molecule has 2 heterocycles. The highest BCUT2D eigenvalue weighted by molar-refractivity contribution is 6.21. The fourth-order valence-corrected chi connectivity index (χ4v) is 4.20. The van der Waals surface area contributed by atoms with Gasteiger partial charge in [0.25, 0.3) is 11.8 Å². The molecule has 6 heteroatoms. The molecular weight excluding hydrogens is 378 g/mol. The Morgan fingerprint density at radius 1 is 0.867 bits per heavy atom. The number of aryl methyl sites for hydroxylation is 2. The number of fused-ring (bicyclic) bond motifs is 1. The summed E-state index contributed by atoms with van der Waals surface area (Å²) in [4.78, 5) is 43.1. The van der Waals surface area contributed by atoms with Gasteiger partial charge in [0.05, 0.1) is 11.1 Å². The Hall–Kier alpha value is -2.99. The van der Waals surface area contributed by atoms with Gasteiger partial charge in [-0.05, 0) is 31.5 Å². The van der Waals surface area contributed by atoms with E-state index in [0.29, 0.717) is 24.2 Å². The third-order valence-corrected chi connectivity index (χ3v) is 5.89. The van der Waals surface area contributed by atoms with Gasteiger partial charge in [-0.15, -0.1) is 0 Å². The van der Waals surface area contributed by atoms with Crippen LogP contribution < -0.4 is 0 Å². The van der Waals surface area contributed by atoms with E-state index in [-0.39, 0.29) is 30.7 Å². The van der Waals surface area contributed by atoms with E-state index in [4.69, 9.17) is 0 Å². The zero-order valence-corrected chi connectivity index (χ0v) is 17.6. The molecule has 4 rings (SSSR count). The van der Waals surface area contributed by atoms with E-state index in [0.717, 1.165) is 25.2 Å². The minimum atomic E-state index is -0.300. The second kappa shape index (κ2) is 8.40. The summed E-state index contributed by atoms with van der Waals surface area (Å²) in [6.07, 6.45) is 0.169. The van der Waals surface area contributed by atoms with Crippen molar-refractivity contribution < 1.29 is 14.4 Å². The van der Waals surface area contributed by atoms with Gasteiger partial charge in [0.2, 0.25) is 5.91 Å². The lowest BCUT2D eigenvalue weighted by molar-refractivity contribution is -0.133. The molecule has 2 aliphatic heterocycles. The fourth-order valence-electron chi connectivity index (χ4n) is 4.20. The van der Waals surface area contributed by atoms with Gasteiger partial charge in [0.15, 0.2) is 0 Å². The van der Waals surface area contributed by atoms with Crippen LogP contribution in [0.5, 0.6) is 0 Å². The topological polar surface area (TPSA) is 60.9 Å². The van der Waals surface area contributed by atoms with Gasteiger partial charge in [-0.3, -0.25) is 24.2 Å². The van der Waals surface area contributed by atoms with Crippen LogP contribution in [0.1, 0.15) is 43.8 Å². The van der Waals surface area contributed by atoms with E-state index >= 15 is 0 Å². The number of nitrogens with zero attached hydrogens (tertiary/aromatic N) is 3. The molecule has 0 radical (unpaired) electrons. The normalized spacial score (nSPS) is 16.9. The van der Waals surface area contributed by atoms with Crippen molar-refractivity contribution in [2.24, 2.45) is 0 Å². The van der Waals surface area contributed by atoms with Crippen LogP contribution in [0, 0.1) is 13.8 Å². The number of rotatable bonds is 5. The molecule has 0 aromatic heterocycles. The average molecular weight is 405 g/mol. The molecule has 0 N–H and O–H groups in total. The predicted molar refractivity (Wildman–Crippen MR) is 114 cm³/mol. The second-order valence-electron chi connectivity index (χ2n) is 8.21. The summed E-state index contributed by atoms with van der Waals surface area (Å²) in [6.45, 7) is 8.00. The molecule has 30 heavy (non-hydrogen) atoms. The number of carbonyl (C=O) groups is 3. The molecule has 6 nitrogen and oxygen atoms in total. The fraction of sp³-hybridized carbons (Fsp3) is 0.375. The molecule has 0 aliphatic carbocycles. The van der Waals surface area contributed by atoms with Crippen molar-refractivity contribution in [3.05, 3.63) is 70.3 Å². The zero-order chi connectivity index (χ0) is 21.3. The van der Waals surface area contributed by atoms with Crippen LogP contribution >= 0.6 is 0 Å². The molecule has 0 saturated carbocycles. The SMILES string of the molecule is Cc1cccc(CN2CCN(C(=O)CCN3C(=O)c4ccc(C)cc4C3=O)CC2)c1. The molecule has 0 spiro atoms. The van der Waals surface area contributed by atoms with Gasteiger partial charge in [0, 0.05) is 45.7 Å². The lowest BCUT2D eigenvalue weighted by atomic mass is 10.1. The van der Waals surface area contributed by atoms with Crippen molar-refractivity contribution in [2.45, 2.75) is 26.8 Å². The molecule has 0 atom stereocenters. The number of amides is 3. The summed E-state index contributed by atoms with van der Waals surface area (Å²) in [5, 5.41) is 0. The summed E-state index contributed by atoms with van der Waals surface area (Å²) in [5.41, 5.74) is 4.36. The first-order valence-corrected chi connectivity index (χ1v) is 10.4. The molecule has 156 valence electrons. The molecule has 0 unspecified atom stereocenters. The lowest BCUT2D eigenvalue weighted by Gasteiger charge is -2.35. The number of hydrogen-bond donors (Lipinski definition) is 0. The minimum Gasteiger partial charge on any atom is -0.340 e. The van der Waals surface area contributed by atoms with Crippen molar-refractivity contribution in [1.29, 1.82) is 0 Å². The summed E-state index contributed by atoms with van der Waals surface area (Å²) in [5.74, 6) is -0.599. The Kier molecular flexibility index (Phi) is 5.68. The molecule has 1 saturated heterocycles. The summed E-state index contributed by atoms with van der Waals surface area (Å²) < 4.78 is 0. The van der Waals surface area contributed by atoms with Crippen LogP contribution in [0.3, 0.4) is 0 Å². The quantitative estimate of drug-likeness (QED) is 0.718. The summed E-state index contributed by atoms with van der Waals surface area (Å²) in [7, 11) is 0. The van der Waals surface area contributed by atoms with Gasteiger partial charge in [-0.25, -0.2) is 0 Å². The van der Waals surface area contributed by atoms with Crippen LogP contribution in [0.2, 0.25) is 0 Å². The first kappa shape index (κ1) is 20.3. The zero-order valence-electron chi connectivity index (χ0n) is 17.6. The van der Waals surface area contributed by atoms with E-state index in [1.54, 1.807) is 12.1 Å². The number of hydrogen-bond acceptors (Lipinski definition) is 4. The highest BCUT2D eigenvalue weighted by Gasteiger charge is 2.35. The third kappa shape index (κ3) is 4.14. The summed E-state index contributed by atoms with van der Waals surface area (Å²) >= 11 is 0. The van der Waals surface area contributed by atoms with E-state index in [9.17, 15) is 14.4 Å². The number of benzene rings is 2. The Morgan fingerprint density at radius 2 is 1.57 bits per heavy atom. The van der Waals surface area contributed by atoms with Crippen molar-refractivity contribution >= 4 is 17.7 Å². The monoisotopic (exact) mass is 405 g/mol. The molecule has 2 aromatic carbocycles. The Balaban J connectivity index is 1.27. The van der Waals surface area contributed by atoms with E-state index in [2.05, 4.69) is 36.1 Å². The first-order valence-electron chi connectivity index (χ1n) is 10.4. The maximum Gasteiger partial charge on any atom is 0.261 e. The molecule has 0 bridgehead atoms. The Morgan fingerprint density at radius 3 is 2.30 bits per heavy atom. The minimum absolute atomic E-state index is 0.00191. The predicted octanol–water partition coefficient (Wildman–Crippen LogP) is 2.63. The second-order valence-corrected chi connectivity index (χ2v) is 8.21. The smallest absolute Gasteiger partial charge is 0.261 e. The highest BCUT2D eigenvalue weighted by atomic mass is 16.2. The van der Waals surface area contributed by atoms with E-state index < -0.39 is 0 Å². The highest BCUT2D eigenvalue weighted by Crippen LogP contribution is 2.24. The molecule has 1 fully saturated rings. The maximum atomic E-state index is 12.7. The van der Waals surface area contributed by atoms with Crippen molar-refractivity contribution in [2.75, 3.05) is 32.7 Å². The molecule has 3 amide bonds. The number of carbonyl (C=O) groups excluding carboxylic acids is 3.